The number of nitrogens with two attached hydrogens (primary N) is 1. The van der Waals surface area contributed by atoms with Gasteiger partial charge in [-0.15, -0.1) is 0 Å². The van der Waals surface area contributed by atoms with Crippen LogP contribution >= 0.6 is 12.2 Å². The second kappa shape index (κ2) is 13.0. The molecule has 200 valence electrons. The van der Waals surface area contributed by atoms with E-state index in [1.807, 2.05) is 0 Å². The van der Waals surface area contributed by atoms with Gasteiger partial charge in [-0.25, -0.2) is 9.97 Å². The maximum Gasteiger partial charge on any atom is 0.303 e. The van der Waals surface area contributed by atoms with Gasteiger partial charge in [0.25, 0.3) is 0 Å². The molecule has 0 bridgehead atoms. The summed E-state index contributed by atoms with van der Waals surface area (Å²) in [5, 5.41) is 44.3. The number of H-pyrrole nitrogens is 1. The monoisotopic (exact) mass is 527 g/mol. The van der Waals surface area contributed by atoms with E-state index in [0.717, 1.165) is 25.7 Å². The highest BCUT2D eigenvalue weighted by molar-refractivity contribution is 7.71. The van der Waals surface area contributed by atoms with Crippen LogP contribution in [0.25, 0.3) is 11.2 Å². The molecule has 1 unspecified atom stereocenters. The van der Waals surface area contributed by atoms with Crippen molar-refractivity contribution >= 4 is 41.2 Å². The summed E-state index contributed by atoms with van der Waals surface area (Å²) in [7, 11) is 0. The van der Waals surface area contributed by atoms with Crippen LogP contribution in [0.5, 0.6) is 0 Å². The molecule has 14 nitrogen and oxygen atoms in total. The first-order valence-electron chi connectivity index (χ1n) is 11.8. The Labute approximate surface area is 211 Å². The van der Waals surface area contributed by atoms with Crippen molar-refractivity contribution in [2.45, 2.75) is 69.1 Å². The average Bonchev–Trinajstić information content (AvgIpc) is 3.39. The number of imidazole rings is 1. The first-order valence-corrected chi connectivity index (χ1v) is 12.2. The molecule has 3 heterocycles. The molecule has 0 aliphatic carbocycles. The number of aliphatic carboxylic acids is 1. The molecule has 15 heteroatoms. The highest BCUT2D eigenvalue weighted by Gasteiger charge is 2.43. The van der Waals surface area contributed by atoms with Crippen molar-refractivity contribution in [2.75, 3.05) is 25.0 Å². The minimum Gasteiger partial charge on any atom is -0.481 e. The molecule has 3 rings (SSSR count). The summed E-state index contributed by atoms with van der Waals surface area (Å²) in [6.07, 6.45) is 0.439. The van der Waals surface area contributed by atoms with Crippen molar-refractivity contribution in [2.24, 2.45) is 5.73 Å². The number of ether oxygens (including phenoxy) is 1. The molecule has 1 amide bonds. The second-order valence-corrected chi connectivity index (χ2v) is 9.03. The number of carbonyl (C=O) groups is 2. The smallest absolute Gasteiger partial charge is 0.303 e. The summed E-state index contributed by atoms with van der Waals surface area (Å²) in [5.74, 6) is -0.902. The van der Waals surface area contributed by atoms with Crippen LogP contribution in [0.3, 0.4) is 0 Å². The number of rotatable bonds is 14. The maximum atomic E-state index is 11.8. The normalized spacial score (nSPS) is 22.6. The molecule has 0 radical (unpaired) electrons. The predicted molar refractivity (Wildman–Crippen MR) is 131 cm³/mol. The Balaban J connectivity index is 1.43. The fourth-order valence-electron chi connectivity index (χ4n) is 3.89. The van der Waals surface area contributed by atoms with Gasteiger partial charge < -0.3 is 46.5 Å². The molecule has 2 aromatic rings. The summed E-state index contributed by atoms with van der Waals surface area (Å²) >= 11 is 5.33. The lowest BCUT2D eigenvalue weighted by Crippen LogP contribution is -2.41. The topological polar surface area (TPSA) is 221 Å². The van der Waals surface area contributed by atoms with E-state index in [9.17, 15) is 24.9 Å². The number of unbranched alkanes of at least 4 members (excludes halogenated alkanes) is 3. The Morgan fingerprint density at radius 2 is 1.94 bits per heavy atom. The zero-order valence-corrected chi connectivity index (χ0v) is 20.5. The lowest BCUT2D eigenvalue weighted by molar-refractivity contribution is -0.137. The van der Waals surface area contributed by atoms with Crippen molar-refractivity contribution < 1.29 is 34.8 Å². The van der Waals surface area contributed by atoms with Gasteiger partial charge in [-0.05, 0) is 19.3 Å². The summed E-state index contributed by atoms with van der Waals surface area (Å²) in [6, 6.07) is -0.818. The highest BCUT2D eigenvalue weighted by atomic mass is 32.1. The third-order valence-electron chi connectivity index (χ3n) is 5.94. The lowest BCUT2D eigenvalue weighted by Gasteiger charge is -2.17. The Hall–Kier alpha value is -2.69. The zero-order chi connectivity index (χ0) is 26.2. The largest absolute Gasteiger partial charge is 0.481 e. The summed E-state index contributed by atoms with van der Waals surface area (Å²) in [4.78, 5) is 34.0. The third kappa shape index (κ3) is 6.96. The standard InChI is InChI=1S/C21H33N7O7S/c22-11(5-6-13(30)31)18(34)23-7-3-1-2-4-8-24-21-26-17-14(19(36)27-21)25-10-28(17)20-16(33)15(32)12(9-29)35-20/h10-12,15-16,20,29,32-33H,1-9,22H2,(H,23,34)(H,30,31)(H2,24,26,27,36)/t11?,12-,15-,16-,20-/m1/s1. The molecule has 0 aromatic carbocycles. The number of carboxylic acids is 1. The van der Waals surface area contributed by atoms with Crippen molar-refractivity contribution in [3.8, 4) is 0 Å². The van der Waals surface area contributed by atoms with Crippen molar-refractivity contribution in [3.63, 3.8) is 0 Å². The molecular formula is C21H33N7O7S. The van der Waals surface area contributed by atoms with E-state index >= 15 is 0 Å². The molecule has 1 aliphatic rings. The molecule has 1 aliphatic heterocycles. The van der Waals surface area contributed by atoms with Gasteiger partial charge in [0.05, 0.1) is 19.0 Å². The van der Waals surface area contributed by atoms with Gasteiger partial charge in [0.1, 0.15) is 29.5 Å². The van der Waals surface area contributed by atoms with Gasteiger partial charge in [0.15, 0.2) is 10.9 Å². The van der Waals surface area contributed by atoms with Gasteiger partial charge in [-0.1, -0.05) is 25.1 Å². The number of nitrogens with one attached hydrogen (secondary N) is 3. The van der Waals surface area contributed by atoms with Crippen LogP contribution in [-0.2, 0) is 14.3 Å². The van der Waals surface area contributed by atoms with E-state index in [0.29, 0.717) is 30.2 Å². The highest BCUT2D eigenvalue weighted by Crippen LogP contribution is 2.31. The number of amides is 1. The first-order chi connectivity index (χ1) is 17.2. The van der Waals surface area contributed by atoms with Crippen LogP contribution in [-0.4, -0.2) is 95.9 Å². The van der Waals surface area contributed by atoms with Crippen molar-refractivity contribution in [1.82, 2.24) is 24.8 Å². The minimum absolute atomic E-state index is 0.107. The fraction of sp³-hybridized carbons (Fsp3) is 0.667. The van der Waals surface area contributed by atoms with Crippen molar-refractivity contribution in [3.05, 3.63) is 11.0 Å². The summed E-state index contributed by atoms with van der Waals surface area (Å²) in [6.45, 7) is 0.653. The average molecular weight is 528 g/mol. The SMILES string of the molecule is NC(CCC(=O)O)C(=O)NCCCCCCNc1nc(=S)c2ncn([C@@H]3O[C@H](CO)[C@@H](O)[C@H]3O)c2[nH]1. The van der Waals surface area contributed by atoms with Gasteiger partial charge in [0.2, 0.25) is 11.9 Å². The number of aromatic nitrogens is 4. The number of hydrogen-bond donors (Lipinski definition) is 8. The van der Waals surface area contributed by atoms with Gasteiger partial charge in [-0.2, -0.15) is 0 Å². The third-order valence-corrected chi connectivity index (χ3v) is 6.22. The summed E-state index contributed by atoms with van der Waals surface area (Å²) < 4.78 is 7.36. The number of aliphatic hydroxyl groups excluding tert-OH is 3. The number of anilines is 1. The Kier molecular flexibility index (Phi) is 10.1. The van der Waals surface area contributed by atoms with Crippen LogP contribution in [0, 0.1) is 4.64 Å². The molecule has 1 fully saturated rings. The number of carboxylic acid groups (broad SMARTS) is 1. The molecule has 9 N–H and O–H groups in total. The van der Waals surface area contributed by atoms with Crippen LogP contribution in [0.15, 0.2) is 6.33 Å². The molecule has 2 aromatic heterocycles. The molecule has 36 heavy (non-hydrogen) atoms. The quantitative estimate of drug-likeness (QED) is 0.114. The van der Waals surface area contributed by atoms with Crippen molar-refractivity contribution in [1.29, 1.82) is 0 Å². The van der Waals surface area contributed by atoms with E-state index in [4.69, 9.17) is 27.8 Å². The van der Waals surface area contributed by atoms with Gasteiger partial charge >= 0.3 is 5.97 Å². The van der Waals surface area contributed by atoms with E-state index in [-0.39, 0.29) is 23.4 Å². The number of carbonyl (C=O) groups excluding carboxylic acids is 1. The number of fused-ring (bicyclic) bond motifs is 1. The van der Waals surface area contributed by atoms with Crippen LogP contribution in [0.2, 0.25) is 0 Å². The molecule has 0 saturated carbocycles. The maximum absolute atomic E-state index is 11.8. The number of nitrogens with zero attached hydrogens (tertiary/aromatic N) is 3. The Morgan fingerprint density at radius 3 is 2.61 bits per heavy atom. The number of aliphatic hydroxyl groups is 3. The van der Waals surface area contributed by atoms with E-state index in [1.165, 1.54) is 10.9 Å². The van der Waals surface area contributed by atoms with Gasteiger partial charge in [-0.3, -0.25) is 14.2 Å². The van der Waals surface area contributed by atoms with Gasteiger partial charge in [0, 0.05) is 19.5 Å². The predicted octanol–water partition coefficient (Wildman–Crippen LogP) is -0.619. The number of hydrogen-bond acceptors (Lipinski definition) is 11. The fourth-order valence-corrected chi connectivity index (χ4v) is 4.13. The summed E-state index contributed by atoms with van der Waals surface area (Å²) in [5.41, 5.74) is 6.54. The Morgan fingerprint density at radius 1 is 1.22 bits per heavy atom. The minimum atomic E-state index is -1.25. The molecule has 5 atom stereocenters. The zero-order valence-electron chi connectivity index (χ0n) is 19.7. The molecule has 1 saturated heterocycles. The van der Waals surface area contributed by atoms with Crippen LogP contribution in [0.4, 0.5) is 5.95 Å². The van der Waals surface area contributed by atoms with Crippen LogP contribution in [0.1, 0.15) is 44.8 Å². The molecule has 0 spiro atoms. The van der Waals surface area contributed by atoms with E-state index < -0.39 is 43.2 Å². The second-order valence-electron chi connectivity index (χ2n) is 8.64. The Bertz CT molecular complexity index is 1090. The van der Waals surface area contributed by atoms with Crippen LogP contribution < -0.4 is 16.4 Å². The number of aromatic amines is 1. The molecular weight excluding hydrogens is 494 g/mol. The lowest BCUT2D eigenvalue weighted by atomic mass is 10.1. The van der Waals surface area contributed by atoms with E-state index in [1.54, 1.807) is 0 Å². The van der Waals surface area contributed by atoms with E-state index in [2.05, 4.69) is 25.6 Å². The first kappa shape index (κ1) is 27.9.